The number of rotatable bonds is 10. The number of hydrogen-bond donors (Lipinski definition) is 0. The van der Waals surface area contributed by atoms with Crippen LogP contribution in [0.1, 0.15) is 103 Å². The van der Waals surface area contributed by atoms with Gasteiger partial charge < -0.3 is 14.4 Å². The predicted molar refractivity (Wildman–Crippen MR) is 310 cm³/mol. The van der Waals surface area contributed by atoms with Gasteiger partial charge in [0.2, 0.25) is 0 Å². The molecule has 10 aromatic rings. The predicted octanol–water partition coefficient (Wildman–Crippen LogP) is 14.9. The summed E-state index contributed by atoms with van der Waals surface area (Å²) in [4.78, 5) is 9.75. The van der Waals surface area contributed by atoms with Gasteiger partial charge in [0, 0.05) is 60.7 Å². The largest absolute Gasteiger partial charge is 0.493 e. The molecule has 2 aromatic heterocycles. The molecule has 1 aliphatic heterocycles. The van der Waals surface area contributed by atoms with Crippen molar-refractivity contribution >= 4 is 67.7 Å². The van der Waals surface area contributed by atoms with Gasteiger partial charge >= 0.3 is 0 Å². The first kappa shape index (κ1) is 50.6. The Balaban J connectivity index is 0.00000626. The minimum absolute atomic E-state index is 0. The summed E-state index contributed by atoms with van der Waals surface area (Å²) in [6.07, 6.45) is 1.95. The standard InChI is InChI=1S/C68H64BN4.Pt/c1-65(2,3)49-36-37-70-64(43-49)73-60-31-21-20-30-58(60)59-35-34-54(45-63(59)73)69(53-28-18-13-19-29-53)55-39-50(66(4,5)6)40-57(44-55)72-46-71(61-32-22-23-33-62(61)72)56-41-51(67(7,8)47-24-14-11-15-25-47)38-52(42-56)68(9,10)48-26-16-12-17-27-48;/h11-43,46H,1-10H3;/q-3;. The third-order valence-electron chi connectivity index (χ3n) is 15.5. The molecule has 1 aliphatic rings. The van der Waals surface area contributed by atoms with Crippen LogP contribution >= 0.6 is 0 Å². The Morgan fingerprint density at radius 3 is 1.61 bits per heavy atom. The van der Waals surface area contributed by atoms with Crippen molar-refractivity contribution in [1.29, 1.82) is 0 Å². The van der Waals surface area contributed by atoms with Crippen LogP contribution in [0.15, 0.2) is 200 Å². The van der Waals surface area contributed by atoms with Gasteiger partial charge in [-0.3, -0.25) is 0 Å². The Morgan fingerprint density at radius 2 is 1.00 bits per heavy atom. The molecule has 372 valence electrons. The molecule has 4 nitrogen and oxygen atoms in total. The van der Waals surface area contributed by atoms with Crippen LogP contribution in [0, 0.1) is 18.8 Å². The van der Waals surface area contributed by atoms with E-state index in [4.69, 9.17) is 4.98 Å². The van der Waals surface area contributed by atoms with Gasteiger partial charge in [0.1, 0.15) is 5.82 Å². The SMILES string of the molecule is CC(C)(C)c1cc(B(c2[c-]c3c(cc2)c2ccccc2n3-c2cc(C(C)(C)C)ccn2)c2ccccc2)[c-]c(N2[CH-]N(c3cc(C(C)(C)c4ccccc4)cc(C(C)(C)c4ccccc4)c3)c3ccccc32)c1.[Pt]. The molecule has 11 rings (SSSR count). The monoisotopic (exact) mass is 1140 g/mol. The van der Waals surface area contributed by atoms with E-state index in [2.05, 4.69) is 297 Å². The number of fused-ring (bicyclic) bond motifs is 4. The zero-order valence-corrected chi connectivity index (χ0v) is 46.6. The molecule has 6 heteroatoms. The molecule has 0 fully saturated rings. The maximum atomic E-state index is 5.01. The fourth-order valence-electron chi connectivity index (χ4n) is 10.8. The van der Waals surface area contributed by atoms with Gasteiger partial charge in [-0.1, -0.05) is 208 Å². The van der Waals surface area contributed by atoms with E-state index in [1.54, 1.807) is 0 Å². The molecule has 0 bridgehead atoms. The molecule has 0 amide bonds. The Hall–Kier alpha value is -6.94. The van der Waals surface area contributed by atoms with E-state index < -0.39 is 0 Å². The van der Waals surface area contributed by atoms with E-state index >= 15 is 0 Å². The van der Waals surface area contributed by atoms with Crippen LogP contribution in [-0.2, 0) is 42.7 Å². The van der Waals surface area contributed by atoms with Crippen molar-refractivity contribution in [3.63, 3.8) is 0 Å². The Kier molecular flexibility index (Phi) is 13.3. The zero-order chi connectivity index (χ0) is 50.9. The first-order valence-electron chi connectivity index (χ1n) is 25.8. The van der Waals surface area contributed by atoms with Crippen LogP contribution in [0.3, 0.4) is 0 Å². The van der Waals surface area contributed by atoms with E-state index in [1.165, 1.54) is 44.2 Å². The molecule has 0 N–H and O–H groups in total. The summed E-state index contributed by atoms with van der Waals surface area (Å²) in [6.45, 7) is 25.2. The minimum atomic E-state index is -0.269. The average Bonchev–Trinajstić information content (AvgIpc) is 3.95. The Morgan fingerprint density at radius 1 is 0.446 bits per heavy atom. The second-order valence-electron chi connectivity index (χ2n) is 23.1. The van der Waals surface area contributed by atoms with Crippen LogP contribution in [0.4, 0.5) is 22.7 Å². The molecule has 8 aromatic carbocycles. The minimum Gasteiger partial charge on any atom is -0.493 e. The summed E-state index contributed by atoms with van der Waals surface area (Å²) in [5.41, 5.74) is 16.6. The summed E-state index contributed by atoms with van der Waals surface area (Å²) >= 11 is 0. The van der Waals surface area contributed by atoms with E-state index in [-0.39, 0.29) is 49.4 Å². The Labute approximate surface area is 454 Å². The molecular weight excluding hydrogens is 1080 g/mol. The zero-order valence-electron chi connectivity index (χ0n) is 44.3. The van der Waals surface area contributed by atoms with Gasteiger partial charge in [-0.15, -0.1) is 23.8 Å². The van der Waals surface area contributed by atoms with E-state index in [1.807, 2.05) is 6.20 Å². The quantitative estimate of drug-likeness (QED) is 0.101. The number of nitrogens with zero attached hydrogens (tertiary/aromatic N) is 4. The summed E-state index contributed by atoms with van der Waals surface area (Å²) in [6, 6.07) is 79.3. The van der Waals surface area contributed by atoms with Crippen LogP contribution < -0.4 is 26.2 Å². The van der Waals surface area contributed by atoms with Crippen molar-refractivity contribution in [2.45, 2.75) is 90.9 Å². The first-order valence-corrected chi connectivity index (χ1v) is 25.8. The van der Waals surface area contributed by atoms with Gasteiger partial charge in [0.05, 0.1) is 0 Å². The van der Waals surface area contributed by atoms with Gasteiger partial charge in [-0.25, -0.2) is 4.98 Å². The van der Waals surface area contributed by atoms with Crippen LogP contribution in [-0.4, -0.2) is 16.3 Å². The summed E-state index contributed by atoms with van der Waals surface area (Å²) in [5.74, 6) is 0.893. The first-order chi connectivity index (χ1) is 35.0. The third kappa shape index (κ3) is 9.23. The summed E-state index contributed by atoms with van der Waals surface area (Å²) < 4.78 is 2.30. The second-order valence-corrected chi connectivity index (χ2v) is 23.1. The molecule has 0 unspecified atom stereocenters. The van der Waals surface area contributed by atoms with Crippen molar-refractivity contribution < 1.29 is 21.1 Å². The van der Waals surface area contributed by atoms with E-state index in [0.29, 0.717) is 0 Å². The van der Waals surface area contributed by atoms with Gasteiger partial charge in [0.15, 0.2) is 6.71 Å². The molecule has 0 radical (unpaired) electrons. The van der Waals surface area contributed by atoms with E-state index in [0.717, 1.165) is 55.9 Å². The van der Waals surface area contributed by atoms with Gasteiger partial charge in [-0.05, 0) is 86.5 Å². The normalized spacial score (nSPS) is 13.1. The number of para-hydroxylation sites is 3. The number of pyridine rings is 1. The molecule has 0 aliphatic carbocycles. The molecule has 0 atom stereocenters. The van der Waals surface area contributed by atoms with Crippen molar-refractivity contribution in [3.05, 3.63) is 253 Å². The van der Waals surface area contributed by atoms with Gasteiger partial charge in [0.25, 0.3) is 0 Å². The van der Waals surface area contributed by atoms with E-state index in [9.17, 15) is 0 Å². The van der Waals surface area contributed by atoms with Crippen LogP contribution in [0.25, 0.3) is 27.6 Å². The number of anilines is 4. The van der Waals surface area contributed by atoms with Crippen LogP contribution in [0.2, 0.25) is 0 Å². The van der Waals surface area contributed by atoms with Crippen LogP contribution in [0.5, 0.6) is 0 Å². The maximum absolute atomic E-state index is 5.01. The van der Waals surface area contributed by atoms with Crippen molar-refractivity contribution in [2.24, 2.45) is 0 Å². The molecule has 0 spiro atoms. The fourth-order valence-corrected chi connectivity index (χ4v) is 10.8. The fraction of sp³-hybridized carbons (Fsp3) is 0.206. The number of benzene rings is 8. The van der Waals surface area contributed by atoms with Crippen molar-refractivity contribution in [1.82, 2.24) is 9.55 Å². The topological polar surface area (TPSA) is 24.3 Å². The smallest absolute Gasteiger partial charge is 0.191 e. The van der Waals surface area contributed by atoms with Crippen molar-refractivity contribution in [3.8, 4) is 5.82 Å². The molecule has 0 saturated carbocycles. The molecular formula is C68H64BN4Pt-3. The van der Waals surface area contributed by atoms with Gasteiger partial charge in [-0.2, -0.15) is 46.8 Å². The average molecular weight is 1140 g/mol. The summed E-state index contributed by atoms with van der Waals surface area (Å²) in [5, 5.41) is 2.33. The van der Waals surface area contributed by atoms with Crippen molar-refractivity contribution in [2.75, 3.05) is 9.80 Å². The maximum Gasteiger partial charge on any atom is 0.191 e. The third-order valence-corrected chi connectivity index (χ3v) is 15.5. The molecule has 74 heavy (non-hydrogen) atoms. The molecule has 3 heterocycles. The second kappa shape index (κ2) is 19.4. The molecule has 0 saturated heterocycles. The number of aromatic nitrogens is 2. The summed E-state index contributed by atoms with van der Waals surface area (Å²) in [7, 11) is 0. The number of hydrogen-bond acceptors (Lipinski definition) is 3. The Bertz CT molecular complexity index is 3570.